The van der Waals surface area contributed by atoms with Crippen LogP contribution in [-0.4, -0.2) is 27.8 Å². The summed E-state index contributed by atoms with van der Waals surface area (Å²) in [5, 5.41) is 9.23. The second-order valence-corrected chi connectivity index (χ2v) is 9.81. The molecule has 7 heteroatoms. The topological polar surface area (TPSA) is 40.5 Å². The Morgan fingerprint density at radius 3 is 2.22 bits per heavy atom. The van der Waals surface area contributed by atoms with Crippen molar-refractivity contribution >= 4 is 17.7 Å². The van der Waals surface area contributed by atoms with Gasteiger partial charge in [-0.15, -0.1) is 11.8 Å². The van der Waals surface area contributed by atoms with E-state index in [9.17, 15) is 23.1 Å². The summed E-state index contributed by atoms with van der Waals surface area (Å²) in [5.41, 5.74) is 1.35. The summed E-state index contributed by atoms with van der Waals surface area (Å²) in [4.78, 5) is 13.7. The van der Waals surface area contributed by atoms with E-state index in [0.29, 0.717) is 17.4 Å². The second-order valence-electron chi connectivity index (χ2n) is 8.70. The van der Waals surface area contributed by atoms with Gasteiger partial charge in [0.1, 0.15) is 0 Å². The Morgan fingerprint density at radius 1 is 0.938 bits per heavy atom. The van der Waals surface area contributed by atoms with Crippen molar-refractivity contribution in [3.05, 3.63) is 70.8 Å². The molecule has 1 N–H and O–H groups in total. The lowest BCUT2D eigenvalue weighted by Crippen LogP contribution is -2.37. The second kappa shape index (κ2) is 9.87. The quantitative estimate of drug-likeness (QED) is 0.516. The van der Waals surface area contributed by atoms with Crippen molar-refractivity contribution in [3.8, 4) is 0 Å². The van der Waals surface area contributed by atoms with Gasteiger partial charge in [0.05, 0.1) is 16.5 Å². The number of thioether (sulfide) groups is 1. The van der Waals surface area contributed by atoms with Crippen molar-refractivity contribution < 1.29 is 23.1 Å². The Labute approximate surface area is 191 Å². The number of hydrogen-bond donors (Lipinski definition) is 1. The Hall–Kier alpha value is -1.99. The van der Waals surface area contributed by atoms with Gasteiger partial charge in [0, 0.05) is 17.8 Å². The van der Waals surface area contributed by atoms with Crippen molar-refractivity contribution in [3.63, 3.8) is 0 Å². The van der Waals surface area contributed by atoms with Crippen LogP contribution >= 0.6 is 11.8 Å². The molecule has 0 bridgehead atoms. The molecule has 0 amide bonds. The van der Waals surface area contributed by atoms with Crippen LogP contribution in [-0.2, 0) is 6.18 Å². The van der Waals surface area contributed by atoms with Gasteiger partial charge in [0.25, 0.3) is 0 Å². The third-order valence-electron chi connectivity index (χ3n) is 6.58. The van der Waals surface area contributed by atoms with Crippen LogP contribution in [0.25, 0.3) is 0 Å². The van der Waals surface area contributed by atoms with Crippen molar-refractivity contribution in [1.82, 2.24) is 4.90 Å². The van der Waals surface area contributed by atoms with Gasteiger partial charge >= 0.3 is 12.1 Å². The largest absolute Gasteiger partial charge is 0.478 e. The van der Waals surface area contributed by atoms with Gasteiger partial charge in [-0.2, -0.15) is 13.2 Å². The molecule has 0 radical (unpaired) electrons. The Kier molecular flexibility index (Phi) is 7.15. The molecule has 2 aromatic rings. The molecule has 172 valence electrons. The van der Waals surface area contributed by atoms with E-state index in [4.69, 9.17) is 0 Å². The maximum Gasteiger partial charge on any atom is 0.416 e. The Morgan fingerprint density at radius 2 is 1.59 bits per heavy atom. The summed E-state index contributed by atoms with van der Waals surface area (Å²) < 4.78 is 40.2. The molecule has 2 atom stereocenters. The van der Waals surface area contributed by atoms with Crippen LogP contribution in [0.2, 0.25) is 0 Å². The summed E-state index contributed by atoms with van der Waals surface area (Å²) in [6.45, 7) is 0. The Bertz CT molecular complexity index is 924. The van der Waals surface area contributed by atoms with E-state index in [2.05, 4.69) is 4.90 Å². The van der Waals surface area contributed by atoms with Crippen molar-refractivity contribution in [2.45, 2.75) is 68.6 Å². The first kappa shape index (κ1) is 23.2. The van der Waals surface area contributed by atoms with E-state index in [1.807, 2.05) is 18.2 Å². The molecule has 3 nitrogen and oxygen atoms in total. The number of halogens is 3. The Balaban J connectivity index is 1.69. The van der Waals surface area contributed by atoms with E-state index < -0.39 is 17.7 Å². The molecule has 0 spiro atoms. The number of aromatic carboxylic acids is 1. The molecule has 1 aliphatic heterocycles. The monoisotopic (exact) mass is 463 g/mol. The lowest BCUT2D eigenvalue weighted by Gasteiger charge is -2.38. The normalized spacial score (nSPS) is 23.6. The highest BCUT2D eigenvalue weighted by Gasteiger charge is 2.41. The zero-order valence-corrected chi connectivity index (χ0v) is 18.7. The van der Waals surface area contributed by atoms with Crippen LogP contribution in [0.3, 0.4) is 0 Å². The minimum Gasteiger partial charge on any atom is -0.478 e. The van der Waals surface area contributed by atoms with Gasteiger partial charge in [-0.1, -0.05) is 56.4 Å². The lowest BCUT2D eigenvalue weighted by atomic mass is 9.92. The molecule has 1 heterocycles. The highest BCUT2D eigenvalue weighted by Crippen LogP contribution is 2.50. The zero-order chi connectivity index (χ0) is 22.7. The third-order valence-corrected chi connectivity index (χ3v) is 7.92. The molecule has 2 aliphatic rings. The van der Waals surface area contributed by atoms with Crippen LogP contribution in [0.15, 0.2) is 48.5 Å². The van der Waals surface area contributed by atoms with Gasteiger partial charge in [0.15, 0.2) is 0 Å². The average Bonchev–Trinajstić information content (AvgIpc) is 3.18. The van der Waals surface area contributed by atoms with E-state index in [1.54, 1.807) is 23.9 Å². The number of hydrogen-bond acceptors (Lipinski definition) is 3. The SMILES string of the molecule is O=C(O)c1ccc(C2SCC(c3cccc(C(F)(F)F)c3)N2C2CCCCCCC2)cc1. The van der Waals surface area contributed by atoms with E-state index >= 15 is 0 Å². The van der Waals surface area contributed by atoms with Crippen LogP contribution in [0, 0.1) is 0 Å². The summed E-state index contributed by atoms with van der Waals surface area (Å²) in [5.74, 6) is -0.252. The fraction of sp³-hybridized carbons (Fsp3) is 0.480. The molecule has 1 aliphatic carbocycles. The molecule has 2 aromatic carbocycles. The van der Waals surface area contributed by atoms with Gasteiger partial charge in [-0.05, 0) is 48.2 Å². The predicted octanol–water partition coefficient (Wildman–Crippen LogP) is 7.31. The standard InChI is InChI=1S/C25H28F3NO2S/c26-25(27,28)20-8-6-7-19(15-20)22-16-32-23(17-11-13-18(14-12-17)24(30)31)29(22)21-9-4-2-1-3-5-10-21/h6-8,11-15,21-23H,1-5,9-10,16H2,(H,30,31). The molecule has 2 fully saturated rings. The minimum absolute atomic E-state index is 0.00168. The van der Waals surface area contributed by atoms with Crippen LogP contribution < -0.4 is 0 Å². The third kappa shape index (κ3) is 5.15. The molecule has 1 saturated heterocycles. The van der Waals surface area contributed by atoms with Gasteiger partial charge in [-0.3, -0.25) is 4.90 Å². The maximum absolute atomic E-state index is 13.4. The highest BCUT2D eigenvalue weighted by molar-refractivity contribution is 7.99. The number of carbonyl (C=O) groups is 1. The zero-order valence-electron chi connectivity index (χ0n) is 17.9. The molecule has 0 aromatic heterocycles. The number of nitrogens with zero attached hydrogens (tertiary/aromatic N) is 1. The van der Waals surface area contributed by atoms with E-state index in [-0.39, 0.29) is 17.0 Å². The van der Waals surface area contributed by atoms with Crippen molar-refractivity contribution in [2.24, 2.45) is 0 Å². The molecule has 1 saturated carbocycles. The highest BCUT2D eigenvalue weighted by atomic mass is 32.2. The summed E-state index contributed by atoms with van der Waals surface area (Å²) in [6, 6.07) is 12.9. The smallest absolute Gasteiger partial charge is 0.416 e. The molecule has 32 heavy (non-hydrogen) atoms. The fourth-order valence-corrected chi connectivity index (χ4v) is 6.52. The molecular weight excluding hydrogens is 435 g/mol. The van der Waals surface area contributed by atoms with Crippen LogP contribution in [0.1, 0.15) is 83.4 Å². The van der Waals surface area contributed by atoms with E-state index in [1.165, 1.54) is 31.4 Å². The molecule has 4 rings (SSSR count). The number of rotatable bonds is 4. The van der Waals surface area contributed by atoms with E-state index in [0.717, 1.165) is 37.3 Å². The number of alkyl halides is 3. The molecular formula is C25H28F3NO2S. The van der Waals surface area contributed by atoms with Crippen molar-refractivity contribution in [2.75, 3.05) is 5.75 Å². The number of carboxylic acid groups (broad SMARTS) is 1. The maximum atomic E-state index is 13.4. The minimum atomic E-state index is -4.36. The van der Waals surface area contributed by atoms with Gasteiger partial charge in [-0.25, -0.2) is 4.79 Å². The average molecular weight is 464 g/mol. The first-order chi connectivity index (χ1) is 15.3. The summed E-state index contributed by atoms with van der Waals surface area (Å²) >= 11 is 1.74. The summed E-state index contributed by atoms with van der Waals surface area (Å²) in [6.07, 6.45) is 3.63. The number of carboxylic acids is 1. The van der Waals surface area contributed by atoms with Crippen LogP contribution in [0.5, 0.6) is 0 Å². The van der Waals surface area contributed by atoms with Crippen LogP contribution in [0.4, 0.5) is 13.2 Å². The predicted molar refractivity (Wildman–Crippen MR) is 121 cm³/mol. The summed E-state index contributed by atoms with van der Waals surface area (Å²) in [7, 11) is 0. The number of benzene rings is 2. The lowest BCUT2D eigenvalue weighted by molar-refractivity contribution is -0.137. The van der Waals surface area contributed by atoms with Crippen molar-refractivity contribution in [1.29, 1.82) is 0 Å². The van der Waals surface area contributed by atoms with Gasteiger partial charge < -0.3 is 5.11 Å². The first-order valence-electron chi connectivity index (χ1n) is 11.2. The molecule has 2 unspecified atom stereocenters. The fourth-order valence-electron chi connectivity index (χ4n) is 4.95. The van der Waals surface area contributed by atoms with Gasteiger partial charge in [0.2, 0.25) is 0 Å². The first-order valence-corrected chi connectivity index (χ1v) is 12.3.